The minimum Gasteiger partial charge on any atom is -0.350 e. The van der Waals surface area contributed by atoms with Crippen LogP contribution in [0.1, 0.15) is 40.4 Å². The predicted molar refractivity (Wildman–Crippen MR) is 98.0 cm³/mol. The molecule has 1 atom stereocenters. The lowest BCUT2D eigenvalue weighted by Crippen LogP contribution is -2.36. The molecule has 1 fully saturated rings. The van der Waals surface area contributed by atoms with Crippen LogP contribution in [-0.2, 0) is 0 Å². The fraction of sp³-hybridized carbons (Fsp3) is 0.389. The zero-order valence-corrected chi connectivity index (χ0v) is 14.9. The molecule has 1 saturated heterocycles. The molecule has 0 aliphatic carbocycles. The van der Waals surface area contributed by atoms with Crippen LogP contribution in [0, 0.1) is 17.0 Å². The van der Waals surface area contributed by atoms with Crippen LogP contribution < -0.4 is 5.32 Å². The molecule has 1 N–H and O–H groups in total. The number of thiophene rings is 1. The number of amides is 1. The fourth-order valence-electron chi connectivity index (χ4n) is 3.27. The van der Waals surface area contributed by atoms with Gasteiger partial charge in [-0.3, -0.25) is 19.8 Å². The summed E-state index contributed by atoms with van der Waals surface area (Å²) in [6.07, 6.45) is 2.38. The molecule has 3 rings (SSSR count). The van der Waals surface area contributed by atoms with Crippen LogP contribution in [0.25, 0.3) is 0 Å². The summed E-state index contributed by atoms with van der Waals surface area (Å²) in [5.74, 6) is -0.197. The molecule has 132 valence electrons. The highest BCUT2D eigenvalue weighted by molar-refractivity contribution is 7.07. The Morgan fingerprint density at radius 3 is 2.72 bits per heavy atom. The highest BCUT2D eigenvalue weighted by atomic mass is 32.1. The molecule has 1 aliphatic heterocycles. The molecule has 0 radical (unpaired) electrons. The number of likely N-dealkylation sites (tertiary alicyclic amines) is 1. The molecule has 1 unspecified atom stereocenters. The van der Waals surface area contributed by atoms with E-state index in [2.05, 4.69) is 27.0 Å². The van der Waals surface area contributed by atoms with Crippen molar-refractivity contribution in [3.8, 4) is 0 Å². The number of nitrogens with zero attached hydrogens (tertiary/aromatic N) is 2. The minimum absolute atomic E-state index is 0.0322. The summed E-state index contributed by atoms with van der Waals surface area (Å²) in [7, 11) is 0. The maximum Gasteiger partial charge on any atom is 0.272 e. The van der Waals surface area contributed by atoms with E-state index < -0.39 is 4.92 Å². The van der Waals surface area contributed by atoms with E-state index in [0.29, 0.717) is 17.7 Å². The average molecular weight is 359 g/mol. The number of rotatable bonds is 6. The Balaban J connectivity index is 1.69. The van der Waals surface area contributed by atoms with Crippen LogP contribution in [0.2, 0.25) is 0 Å². The van der Waals surface area contributed by atoms with Crippen LogP contribution in [0.5, 0.6) is 0 Å². The van der Waals surface area contributed by atoms with Gasteiger partial charge in [-0.25, -0.2) is 0 Å². The van der Waals surface area contributed by atoms with Gasteiger partial charge < -0.3 is 5.32 Å². The topological polar surface area (TPSA) is 75.5 Å². The van der Waals surface area contributed by atoms with E-state index in [0.717, 1.165) is 13.1 Å². The highest BCUT2D eigenvalue weighted by Gasteiger charge is 2.24. The van der Waals surface area contributed by atoms with Gasteiger partial charge >= 0.3 is 0 Å². The van der Waals surface area contributed by atoms with Crippen LogP contribution in [0.3, 0.4) is 0 Å². The maximum atomic E-state index is 12.5. The molecule has 7 heteroatoms. The second-order valence-electron chi connectivity index (χ2n) is 6.28. The summed E-state index contributed by atoms with van der Waals surface area (Å²) >= 11 is 1.66. The Labute approximate surface area is 150 Å². The summed E-state index contributed by atoms with van der Waals surface area (Å²) in [6, 6.07) is 6.76. The summed E-state index contributed by atoms with van der Waals surface area (Å²) in [6.45, 7) is 4.28. The van der Waals surface area contributed by atoms with Crippen molar-refractivity contribution in [1.29, 1.82) is 0 Å². The number of nitrogens with one attached hydrogen (secondary N) is 1. The van der Waals surface area contributed by atoms with E-state index in [1.807, 2.05) is 0 Å². The molecular weight excluding hydrogens is 338 g/mol. The number of nitro benzene ring substituents is 1. The normalized spacial score (nSPS) is 15.9. The number of carbonyl (C=O) groups excluding carboxylic acids is 1. The summed E-state index contributed by atoms with van der Waals surface area (Å²) in [5, 5.41) is 18.1. The Hall–Kier alpha value is -2.25. The number of nitro groups is 1. The molecule has 0 bridgehead atoms. The van der Waals surface area contributed by atoms with Crippen LogP contribution >= 0.6 is 11.3 Å². The average Bonchev–Trinajstić information content (AvgIpc) is 3.28. The van der Waals surface area contributed by atoms with Crippen molar-refractivity contribution < 1.29 is 9.72 Å². The molecule has 2 heterocycles. The third-order valence-electron chi connectivity index (χ3n) is 4.62. The van der Waals surface area contributed by atoms with Gasteiger partial charge in [0, 0.05) is 23.7 Å². The molecule has 1 aromatic heterocycles. The second kappa shape index (κ2) is 7.76. The molecule has 25 heavy (non-hydrogen) atoms. The molecule has 0 saturated carbocycles. The first kappa shape index (κ1) is 17.6. The third-order valence-corrected chi connectivity index (χ3v) is 5.32. The van der Waals surface area contributed by atoms with Gasteiger partial charge in [-0.1, -0.05) is 0 Å². The Bertz CT molecular complexity index is 755. The first-order valence-electron chi connectivity index (χ1n) is 8.35. The van der Waals surface area contributed by atoms with Crippen LogP contribution in [-0.4, -0.2) is 35.4 Å². The molecule has 2 aromatic rings. The smallest absolute Gasteiger partial charge is 0.272 e. The van der Waals surface area contributed by atoms with Gasteiger partial charge in [0.25, 0.3) is 11.6 Å². The van der Waals surface area contributed by atoms with E-state index in [9.17, 15) is 14.9 Å². The Morgan fingerprint density at radius 1 is 1.36 bits per heavy atom. The van der Waals surface area contributed by atoms with Crippen molar-refractivity contribution in [2.75, 3.05) is 19.6 Å². The van der Waals surface area contributed by atoms with Gasteiger partial charge in [0.1, 0.15) is 0 Å². The van der Waals surface area contributed by atoms with E-state index in [1.165, 1.54) is 30.5 Å². The molecular formula is C18H21N3O3S. The largest absolute Gasteiger partial charge is 0.350 e. The number of hydrogen-bond donors (Lipinski definition) is 1. The molecule has 0 spiro atoms. The maximum absolute atomic E-state index is 12.5. The zero-order chi connectivity index (χ0) is 17.8. The third kappa shape index (κ3) is 4.05. The van der Waals surface area contributed by atoms with Crippen molar-refractivity contribution in [2.45, 2.75) is 25.8 Å². The Kier molecular flexibility index (Phi) is 5.45. The standard InChI is InChI=1S/C18H21N3O3S/c1-13-10-14(4-5-16(13)21(23)24)18(22)19-11-17(15-6-9-25-12-15)20-7-2-3-8-20/h4-6,9-10,12,17H,2-3,7-8,11H2,1H3,(H,19,22). The van der Waals surface area contributed by atoms with E-state index >= 15 is 0 Å². The van der Waals surface area contributed by atoms with Crippen molar-refractivity contribution in [3.05, 3.63) is 61.8 Å². The van der Waals surface area contributed by atoms with Crippen molar-refractivity contribution in [2.24, 2.45) is 0 Å². The van der Waals surface area contributed by atoms with Crippen LogP contribution in [0.15, 0.2) is 35.0 Å². The lowest BCUT2D eigenvalue weighted by molar-refractivity contribution is -0.385. The summed E-state index contributed by atoms with van der Waals surface area (Å²) in [5.41, 5.74) is 2.21. The Morgan fingerprint density at radius 2 is 2.12 bits per heavy atom. The SMILES string of the molecule is Cc1cc(C(=O)NCC(c2ccsc2)N2CCCC2)ccc1[N+](=O)[O-]. The lowest BCUT2D eigenvalue weighted by atomic mass is 10.1. The van der Waals surface area contributed by atoms with E-state index in [1.54, 1.807) is 24.3 Å². The highest BCUT2D eigenvalue weighted by Crippen LogP contribution is 2.26. The number of aryl methyl sites for hydroxylation is 1. The van der Waals surface area contributed by atoms with Gasteiger partial charge in [-0.05, 0) is 67.4 Å². The van der Waals surface area contributed by atoms with Crippen LogP contribution in [0.4, 0.5) is 5.69 Å². The molecule has 6 nitrogen and oxygen atoms in total. The van der Waals surface area contributed by atoms with Gasteiger partial charge in [0.2, 0.25) is 0 Å². The second-order valence-corrected chi connectivity index (χ2v) is 7.06. The summed E-state index contributed by atoms with van der Waals surface area (Å²) < 4.78 is 0. The zero-order valence-electron chi connectivity index (χ0n) is 14.1. The molecule has 1 amide bonds. The van der Waals surface area contributed by atoms with Crippen molar-refractivity contribution in [3.63, 3.8) is 0 Å². The first-order valence-corrected chi connectivity index (χ1v) is 9.30. The molecule has 1 aromatic carbocycles. The predicted octanol–water partition coefficient (Wildman–Crippen LogP) is 3.53. The van der Waals surface area contributed by atoms with Gasteiger partial charge in [-0.15, -0.1) is 0 Å². The first-order chi connectivity index (χ1) is 12.1. The van der Waals surface area contributed by atoms with E-state index in [4.69, 9.17) is 0 Å². The lowest BCUT2D eigenvalue weighted by Gasteiger charge is -2.27. The van der Waals surface area contributed by atoms with Gasteiger partial charge in [0.15, 0.2) is 0 Å². The number of hydrogen-bond acceptors (Lipinski definition) is 5. The monoisotopic (exact) mass is 359 g/mol. The quantitative estimate of drug-likeness (QED) is 0.632. The van der Waals surface area contributed by atoms with Gasteiger partial charge in [-0.2, -0.15) is 11.3 Å². The van der Waals surface area contributed by atoms with Crippen molar-refractivity contribution in [1.82, 2.24) is 10.2 Å². The van der Waals surface area contributed by atoms with E-state index in [-0.39, 0.29) is 17.6 Å². The fourth-order valence-corrected chi connectivity index (χ4v) is 3.98. The van der Waals surface area contributed by atoms with Gasteiger partial charge in [0.05, 0.1) is 11.0 Å². The number of carbonyl (C=O) groups is 1. The summed E-state index contributed by atoms with van der Waals surface area (Å²) in [4.78, 5) is 25.3. The molecule has 1 aliphatic rings. The number of benzene rings is 1. The minimum atomic E-state index is -0.434. The van der Waals surface area contributed by atoms with Crippen molar-refractivity contribution >= 4 is 22.9 Å².